The van der Waals surface area contributed by atoms with Crippen molar-refractivity contribution in [2.45, 2.75) is 0 Å². The van der Waals surface area contributed by atoms with E-state index in [-0.39, 0.29) is 24.9 Å². The van der Waals surface area contributed by atoms with Crippen LogP contribution in [0.15, 0.2) is 42.5 Å². The van der Waals surface area contributed by atoms with E-state index in [0.717, 1.165) is 0 Å². The van der Waals surface area contributed by atoms with Gasteiger partial charge in [-0.05, 0) is 24.3 Å². The zero-order chi connectivity index (χ0) is 18.1. The number of hydrogen-bond donors (Lipinski definition) is 1. The Balaban J connectivity index is 1.71. The Bertz CT molecular complexity index is 668. The molecule has 0 unspecified atom stereocenters. The van der Waals surface area contributed by atoms with Crippen LogP contribution in [-0.4, -0.2) is 39.9 Å². The predicted molar refractivity (Wildman–Crippen MR) is 89.9 cm³/mol. The van der Waals surface area contributed by atoms with Crippen LogP contribution in [0, 0.1) is 5.82 Å². The molecule has 0 aliphatic carbocycles. The minimum atomic E-state index is -0.327. The number of halogens is 1. The van der Waals surface area contributed by atoms with Gasteiger partial charge in [-0.3, -0.25) is 4.79 Å². The Morgan fingerprint density at radius 1 is 0.920 bits per heavy atom. The average molecular weight is 349 g/mol. The molecule has 0 heterocycles. The Labute approximate surface area is 145 Å². The number of carbonyl (C=O) groups excluding carboxylic acids is 1. The van der Waals surface area contributed by atoms with Crippen LogP contribution in [0.25, 0.3) is 0 Å². The van der Waals surface area contributed by atoms with Crippen molar-refractivity contribution in [2.75, 3.05) is 34.0 Å². The molecule has 0 fully saturated rings. The molecule has 0 aliphatic rings. The number of benzene rings is 2. The second-order valence-electron chi connectivity index (χ2n) is 4.99. The van der Waals surface area contributed by atoms with Crippen LogP contribution in [0.3, 0.4) is 0 Å². The van der Waals surface area contributed by atoms with Crippen molar-refractivity contribution in [1.82, 2.24) is 5.32 Å². The SMILES string of the molecule is COc1cc(OC)cc(OCC(=O)NCCOc2ccc(F)cc2)c1. The lowest BCUT2D eigenvalue weighted by Crippen LogP contribution is -2.32. The van der Waals surface area contributed by atoms with Crippen LogP contribution in [0.4, 0.5) is 4.39 Å². The summed E-state index contributed by atoms with van der Waals surface area (Å²) in [7, 11) is 3.07. The van der Waals surface area contributed by atoms with E-state index in [1.54, 1.807) is 18.2 Å². The first-order valence-corrected chi connectivity index (χ1v) is 7.61. The summed E-state index contributed by atoms with van der Waals surface area (Å²) >= 11 is 0. The molecule has 1 N–H and O–H groups in total. The van der Waals surface area contributed by atoms with Gasteiger partial charge in [0.25, 0.3) is 5.91 Å². The van der Waals surface area contributed by atoms with E-state index in [1.165, 1.54) is 38.5 Å². The molecule has 0 radical (unpaired) electrons. The van der Waals surface area contributed by atoms with Gasteiger partial charge in [0.05, 0.1) is 20.8 Å². The molecule has 134 valence electrons. The highest BCUT2D eigenvalue weighted by Crippen LogP contribution is 2.27. The third kappa shape index (κ3) is 6.21. The molecule has 0 saturated carbocycles. The van der Waals surface area contributed by atoms with E-state index in [4.69, 9.17) is 18.9 Å². The van der Waals surface area contributed by atoms with Crippen LogP contribution >= 0.6 is 0 Å². The first kappa shape index (κ1) is 18.4. The van der Waals surface area contributed by atoms with Gasteiger partial charge in [-0.25, -0.2) is 4.39 Å². The average Bonchev–Trinajstić information content (AvgIpc) is 2.64. The molecule has 25 heavy (non-hydrogen) atoms. The topological polar surface area (TPSA) is 66.0 Å². The van der Waals surface area contributed by atoms with Gasteiger partial charge in [0.2, 0.25) is 0 Å². The summed E-state index contributed by atoms with van der Waals surface area (Å²) in [4.78, 5) is 11.8. The van der Waals surface area contributed by atoms with Gasteiger partial charge in [-0.2, -0.15) is 0 Å². The summed E-state index contributed by atoms with van der Waals surface area (Å²) in [5.41, 5.74) is 0. The molecule has 7 heteroatoms. The number of methoxy groups -OCH3 is 2. The van der Waals surface area contributed by atoms with Gasteiger partial charge in [-0.15, -0.1) is 0 Å². The summed E-state index contributed by atoms with van der Waals surface area (Å²) in [6, 6.07) is 10.7. The van der Waals surface area contributed by atoms with Gasteiger partial charge in [0, 0.05) is 18.2 Å². The molecule has 0 saturated heterocycles. The van der Waals surface area contributed by atoms with Crippen molar-refractivity contribution in [1.29, 1.82) is 0 Å². The summed E-state index contributed by atoms with van der Waals surface area (Å²) in [5.74, 6) is 1.53. The molecule has 2 aromatic rings. The van der Waals surface area contributed by atoms with E-state index >= 15 is 0 Å². The molecule has 0 aromatic heterocycles. The maximum absolute atomic E-state index is 12.8. The van der Waals surface area contributed by atoms with Crippen molar-refractivity contribution in [3.05, 3.63) is 48.3 Å². The van der Waals surface area contributed by atoms with Gasteiger partial charge in [-0.1, -0.05) is 0 Å². The number of nitrogens with one attached hydrogen (secondary N) is 1. The largest absolute Gasteiger partial charge is 0.496 e. The smallest absolute Gasteiger partial charge is 0.258 e. The van der Waals surface area contributed by atoms with Crippen molar-refractivity contribution in [3.63, 3.8) is 0 Å². The lowest BCUT2D eigenvalue weighted by Gasteiger charge is -2.11. The molecule has 0 bridgehead atoms. The fraction of sp³-hybridized carbons (Fsp3) is 0.278. The van der Waals surface area contributed by atoms with Crippen LogP contribution in [0.2, 0.25) is 0 Å². The molecule has 0 aliphatic heterocycles. The zero-order valence-electron chi connectivity index (χ0n) is 14.1. The van der Waals surface area contributed by atoms with E-state index in [1.807, 2.05) is 0 Å². The van der Waals surface area contributed by atoms with E-state index in [9.17, 15) is 9.18 Å². The van der Waals surface area contributed by atoms with Gasteiger partial charge < -0.3 is 24.3 Å². The van der Waals surface area contributed by atoms with E-state index in [2.05, 4.69) is 5.32 Å². The fourth-order valence-electron chi connectivity index (χ4n) is 1.95. The number of amides is 1. The highest BCUT2D eigenvalue weighted by molar-refractivity contribution is 5.77. The third-order valence-electron chi connectivity index (χ3n) is 3.20. The fourth-order valence-corrected chi connectivity index (χ4v) is 1.95. The minimum Gasteiger partial charge on any atom is -0.496 e. The maximum atomic E-state index is 12.8. The minimum absolute atomic E-state index is 0.146. The van der Waals surface area contributed by atoms with Crippen LogP contribution in [0.5, 0.6) is 23.0 Å². The van der Waals surface area contributed by atoms with Gasteiger partial charge >= 0.3 is 0 Å². The summed E-state index contributed by atoms with van der Waals surface area (Å²) < 4.78 is 33.8. The predicted octanol–water partition coefficient (Wildman–Crippen LogP) is 2.42. The summed E-state index contributed by atoms with van der Waals surface area (Å²) in [6.07, 6.45) is 0. The Kier molecular flexibility index (Phi) is 6.88. The van der Waals surface area contributed by atoms with Crippen LogP contribution in [0.1, 0.15) is 0 Å². The highest BCUT2D eigenvalue weighted by atomic mass is 19.1. The lowest BCUT2D eigenvalue weighted by atomic mass is 10.3. The first-order valence-electron chi connectivity index (χ1n) is 7.61. The molecule has 2 aromatic carbocycles. The molecule has 2 rings (SSSR count). The van der Waals surface area contributed by atoms with Crippen molar-refractivity contribution in [3.8, 4) is 23.0 Å². The van der Waals surface area contributed by atoms with E-state index < -0.39 is 0 Å². The number of ether oxygens (including phenoxy) is 4. The Morgan fingerprint density at radius 2 is 1.52 bits per heavy atom. The lowest BCUT2D eigenvalue weighted by molar-refractivity contribution is -0.123. The zero-order valence-corrected chi connectivity index (χ0v) is 14.1. The van der Waals surface area contributed by atoms with Gasteiger partial charge in [0.15, 0.2) is 6.61 Å². The van der Waals surface area contributed by atoms with Crippen LogP contribution < -0.4 is 24.3 Å². The summed E-state index contributed by atoms with van der Waals surface area (Å²) in [6.45, 7) is 0.429. The molecule has 6 nitrogen and oxygen atoms in total. The number of rotatable bonds is 9. The molecule has 0 spiro atoms. The Hall–Kier alpha value is -2.96. The quantitative estimate of drug-likeness (QED) is 0.705. The summed E-state index contributed by atoms with van der Waals surface area (Å²) in [5, 5.41) is 2.67. The number of hydrogen-bond acceptors (Lipinski definition) is 5. The maximum Gasteiger partial charge on any atom is 0.258 e. The monoisotopic (exact) mass is 349 g/mol. The molecule has 0 atom stereocenters. The Morgan fingerprint density at radius 3 is 2.12 bits per heavy atom. The second kappa shape index (κ2) is 9.36. The van der Waals surface area contributed by atoms with Gasteiger partial charge in [0.1, 0.15) is 35.4 Å². The standard InChI is InChI=1S/C18H20FNO5/c1-22-15-9-16(23-2)11-17(10-15)25-12-18(21)20-7-8-24-14-5-3-13(19)4-6-14/h3-6,9-11H,7-8,12H2,1-2H3,(H,20,21). The van der Waals surface area contributed by atoms with Crippen molar-refractivity contribution >= 4 is 5.91 Å². The molecule has 1 amide bonds. The van der Waals surface area contributed by atoms with Crippen molar-refractivity contribution < 1.29 is 28.1 Å². The second-order valence-corrected chi connectivity index (χ2v) is 4.99. The molecular formula is C18H20FNO5. The number of carbonyl (C=O) groups is 1. The third-order valence-corrected chi connectivity index (χ3v) is 3.20. The highest BCUT2D eigenvalue weighted by Gasteiger charge is 2.06. The molecular weight excluding hydrogens is 329 g/mol. The first-order chi connectivity index (χ1) is 12.1. The normalized spacial score (nSPS) is 10.0. The van der Waals surface area contributed by atoms with E-state index in [0.29, 0.717) is 29.5 Å². The van der Waals surface area contributed by atoms with Crippen LogP contribution in [-0.2, 0) is 4.79 Å². The van der Waals surface area contributed by atoms with Crippen molar-refractivity contribution in [2.24, 2.45) is 0 Å².